The van der Waals surface area contributed by atoms with Crippen molar-refractivity contribution in [1.29, 1.82) is 0 Å². The Morgan fingerprint density at radius 1 is 1.20 bits per heavy atom. The van der Waals surface area contributed by atoms with Crippen molar-refractivity contribution in [3.8, 4) is 5.75 Å². The maximum atomic E-state index is 12.7. The summed E-state index contributed by atoms with van der Waals surface area (Å²) in [5.74, 6) is 1.05. The van der Waals surface area contributed by atoms with E-state index in [0.717, 1.165) is 24.5 Å². The minimum atomic E-state index is -0.661. The first-order valence-corrected chi connectivity index (χ1v) is 8.65. The Morgan fingerprint density at radius 2 is 1.84 bits per heavy atom. The number of carbonyl (C=O) groups is 2. The van der Waals surface area contributed by atoms with Gasteiger partial charge in [-0.3, -0.25) is 4.79 Å². The van der Waals surface area contributed by atoms with Crippen LogP contribution < -0.4 is 20.7 Å². The first-order chi connectivity index (χ1) is 11.9. The second kappa shape index (κ2) is 8.60. The van der Waals surface area contributed by atoms with Crippen molar-refractivity contribution in [2.45, 2.75) is 26.3 Å². The van der Waals surface area contributed by atoms with Crippen LogP contribution in [0.4, 0.5) is 10.5 Å². The highest BCUT2D eigenvalue weighted by Gasteiger charge is 2.29. The predicted molar refractivity (Wildman–Crippen MR) is 97.7 cm³/mol. The van der Waals surface area contributed by atoms with Gasteiger partial charge in [0, 0.05) is 26.2 Å². The molecule has 1 atom stereocenters. The van der Waals surface area contributed by atoms with E-state index in [4.69, 9.17) is 10.5 Å². The van der Waals surface area contributed by atoms with Crippen molar-refractivity contribution in [3.63, 3.8) is 0 Å². The van der Waals surface area contributed by atoms with Crippen LogP contribution in [0, 0.1) is 5.92 Å². The van der Waals surface area contributed by atoms with E-state index >= 15 is 0 Å². The fourth-order valence-electron chi connectivity index (χ4n) is 3.14. The van der Waals surface area contributed by atoms with Gasteiger partial charge in [-0.1, -0.05) is 26.0 Å². The third-order valence-corrected chi connectivity index (χ3v) is 4.34. The van der Waals surface area contributed by atoms with E-state index in [0.29, 0.717) is 19.5 Å². The van der Waals surface area contributed by atoms with Crippen LogP contribution in [0.3, 0.4) is 0 Å². The molecule has 138 valence electrons. The number of primary amides is 1. The van der Waals surface area contributed by atoms with Gasteiger partial charge < -0.3 is 25.6 Å². The van der Waals surface area contributed by atoms with Crippen molar-refractivity contribution in [2.75, 3.05) is 38.2 Å². The van der Waals surface area contributed by atoms with Crippen LogP contribution in [0.2, 0.25) is 0 Å². The number of ether oxygens (including phenoxy) is 1. The Kier molecular flexibility index (Phi) is 6.50. The molecular formula is C18H28N4O3. The molecule has 1 aromatic rings. The van der Waals surface area contributed by atoms with Crippen molar-refractivity contribution in [1.82, 2.24) is 10.2 Å². The molecule has 0 radical (unpaired) electrons. The maximum absolute atomic E-state index is 12.7. The zero-order chi connectivity index (χ0) is 18.4. The molecule has 0 aliphatic carbocycles. The van der Waals surface area contributed by atoms with Crippen LogP contribution in [-0.2, 0) is 4.79 Å². The lowest BCUT2D eigenvalue weighted by Crippen LogP contribution is -2.56. The fourth-order valence-corrected chi connectivity index (χ4v) is 3.14. The Morgan fingerprint density at radius 3 is 2.40 bits per heavy atom. The van der Waals surface area contributed by atoms with E-state index in [1.54, 1.807) is 12.0 Å². The topological polar surface area (TPSA) is 87.9 Å². The van der Waals surface area contributed by atoms with Gasteiger partial charge >= 0.3 is 6.03 Å². The SMILES string of the molecule is COc1ccccc1N1CCN(C(=O)[C@H](CC(C)C)NC(N)=O)CC1. The summed E-state index contributed by atoms with van der Waals surface area (Å²) in [7, 11) is 1.66. The quantitative estimate of drug-likeness (QED) is 0.814. The number of rotatable bonds is 6. The van der Waals surface area contributed by atoms with E-state index < -0.39 is 12.1 Å². The third kappa shape index (κ3) is 5.01. The van der Waals surface area contributed by atoms with Gasteiger partial charge in [0.05, 0.1) is 12.8 Å². The zero-order valence-electron chi connectivity index (χ0n) is 15.2. The van der Waals surface area contributed by atoms with Crippen molar-refractivity contribution >= 4 is 17.6 Å². The number of anilines is 1. The summed E-state index contributed by atoms with van der Waals surface area (Å²) in [5, 5.41) is 2.58. The lowest BCUT2D eigenvalue weighted by molar-refractivity contribution is -0.133. The summed E-state index contributed by atoms with van der Waals surface area (Å²) >= 11 is 0. The molecule has 2 rings (SSSR count). The Hall–Kier alpha value is -2.44. The summed E-state index contributed by atoms with van der Waals surface area (Å²) in [5.41, 5.74) is 6.26. The van der Waals surface area contributed by atoms with Crippen LogP contribution in [0.15, 0.2) is 24.3 Å². The van der Waals surface area contributed by atoms with Crippen LogP contribution in [0.1, 0.15) is 20.3 Å². The van der Waals surface area contributed by atoms with E-state index in [-0.39, 0.29) is 11.8 Å². The summed E-state index contributed by atoms with van der Waals surface area (Å²) in [6.07, 6.45) is 0.578. The number of hydrogen-bond acceptors (Lipinski definition) is 4. The molecule has 3 amide bonds. The molecule has 25 heavy (non-hydrogen) atoms. The van der Waals surface area contributed by atoms with Crippen LogP contribution in [-0.4, -0.2) is 56.2 Å². The number of nitrogens with zero attached hydrogens (tertiary/aromatic N) is 2. The Bertz CT molecular complexity index is 598. The van der Waals surface area contributed by atoms with Gasteiger partial charge in [-0.15, -0.1) is 0 Å². The second-order valence-corrected chi connectivity index (χ2v) is 6.67. The number of nitrogens with one attached hydrogen (secondary N) is 1. The minimum Gasteiger partial charge on any atom is -0.495 e. The standard InChI is InChI=1S/C18H28N4O3/c1-13(2)12-14(20-18(19)24)17(23)22-10-8-21(9-11-22)15-6-4-5-7-16(15)25-3/h4-7,13-14H,8-12H2,1-3H3,(H3,19,20,24)/t14-/m0/s1. The highest BCUT2D eigenvalue weighted by molar-refractivity contribution is 5.86. The largest absolute Gasteiger partial charge is 0.495 e. The highest BCUT2D eigenvalue weighted by Crippen LogP contribution is 2.28. The number of urea groups is 1. The summed E-state index contributed by atoms with van der Waals surface area (Å²) in [6.45, 7) is 6.68. The van der Waals surface area contributed by atoms with E-state index in [1.165, 1.54) is 0 Å². The molecule has 7 heteroatoms. The van der Waals surface area contributed by atoms with Crippen molar-refractivity contribution < 1.29 is 14.3 Å². The van der Waals surface area contributed by atoms with Gasteiger partial charge in [0.25, 0.3) is 0 Å². The lowest BCUT2D eigenvalue weighted by atomic mass is 10.0. The molecular weight excluding hydrogens is 320 g/mol. The highest BCUT2D eigenvalue weighted by atomic mass is 16.5. The average Bonchev–Trinajstić information content (AvgIpc) is 2.60. The van der Waals surface area contributed by atoms with Crippen molar-refractivity contribution in [3.05, 3.63) is 24.3 Å². The Labute approximate surface area is 149 Å². The molecule has 1 aliphatic rings. The van der Waals surface area contributed by atoms with Crippen LogP contribution in [0.25, 0.3) is 0 Å². The van der Waals surface area contributed by atoms with E-state index in [1.807, 2.05) is 38.1 Å². The third-order valence-electron chi connectivity index (χ3n) is 4.34. The summed E-state index contributed by atoms with van der Waals surface area (Å²) < 4.78 is 5.41. The molecule has 0 spiro atoms. The van der Waals surface area contributed by atoms with Gasteiger partial charge in [0.15, 0.2) is 0 Å². The maximum Gasteiger partial charge on any atom is 0.312 e. The molecule has 0 unspecified atom stereocenters. The minimum absolute atomic E-state index is 0.0628. The number of amides is 3. The fraction of sp³-hybridized carbons (Fsp3) is 0.556. The van der Waals surface area contributed by atoms with E-state index in [2.05, 4.69) is 10.2 Å². The summed E-state index contributed by atoms with van der Waals surface area (Å²) in [4.78, 5) is 28.0. The smallest absolute Gasteiger partial charge is 0.312 e. The van der Waals surface area contributed by atoms with Gasteiger partial charge in [-0.2, -0.15) is 0 Å². The monoisotopic (exact) mass is 348 g/mol. The Balaban J connectivity index is 2.00. The van der Waals surface area contributed by atoms with Crippen LogP contribution >= 0.6 is 0 Å². The molecule has 0 saturated carbocycles. The molecule has 1 heterocycles. The van der Waals surface area contributed by atoms with Gasteiger partial charge in [-0.25, -0.2) is 4.79 Å². The number of carbonyl (C=O) groups excluding carboxylic acids is 2. The number of hydrogen-bond donors (Lipinski definition) is 2. The van der Waals surface area contributed by atoms with Gasteiger partial charge in [0.2, 0.25) is 5.91 Å². The molecule has 0 bridgehead atoms. The van der Waals surface area contributed by atoms with Crippen LogP contribution in [0.5, 0.6) is 5.75 Å². The normalized spacial score (nSPS) is 15.8. The van der Waals surface area contributed by atoms with Gasteiger partial charge in [0.1, 0.15) is 11.8 Å². The average molecular weight is 348 g/mol. The number of para-hydroxylation sites is 2. The second-order valence-electron chi connectivity index (χ2n) is 6.67. The van der Waals surface area contributed by atoms with Crippen molar-refractivity contribution in [2.24, 2.45) is 11.7 Å². The number of benzene rings is 1. The number of methoxy groups -OCH3 is 1. The number of piperazine rings is 1. The molecule has 7 nitrogen and oxygen atoms in total. The molecule has 1 aliphatic heterocycles. The lowest BCUT2D eigenvalue weighted by Gasteiger charge is -2.38. The first-order valence-electron chi connectivity index (χ1n) is 8.65. The van der Waals surface area contributed by atoms with E-state index in [9.17, 15) is 9.59 Å². The molecule has 1 saturated heterocycles. The molecule has 1 fully saturated rings. The molecule has 1 aromatic carbocycles. The summed E-state index contributed by atoms with van der Waals surface area (Å²) in [6, 6.07) is 6.65. The van der Waals surface area contributed by atoms with Gasteiger partial charge in [-0.05, 0) is 24.5 Å². The molecule has 3 N–H and O–H groups in total. The molecule has 0 aromatic heterocycles. The number of nitrogens with two attached hydrogens (primary N) is 1. The predicted octanol–water partition coefficient (Wildman–Crippen LogP) is 1.43. The zero-order valence-corrected chi connectivity index (χ0v) is 15.2. The first kappa shape index (κ1) is 18.9.